The van der Waals surface area contributed by atoms with E-state index >= 15 is 0 Å². The summed E-state index contributed by atoms with van der Waals surface area (Å²) in [5.74, 6) is 1.06. The van der Waals surface area contributed by atoms with Crippen LogP contribution in [0.25, 0.3) is 12.2 Å². The summed E-state index contributed by atoms with van der Waals surface area (Å²) in [6.45, 7) is 1.18. The Bertz CT molecular complexity index is 2420. The van der Waals surface area contributed by atoms with E-state index in [9.17, 15) is 9.59 Å². The van der Waals surface area contributed by atoms with E-state index in [0.717, 1.165) is 47.8 Å². The van der Waals surface area contributed by atoms with E-state index in [1.807, 2.05) is 48.5 Å². The van der Waals surface area contributed by atoms with Gasteiger partial charge in [0.1, 0.15) is 0 Å². The van der Waals surface area contributed by atoms with Crippen molar-refractivity contribution in [2.75, 3.05) is 25.5 Å². The van der Waals surface area contributed by atoms with Gasteiger partial charge < -0.3 is 0 Å². The van der Waals surface area contributed by atoms with Gasteiger partial charge in [0, 0.05) is 0 Å². The number of rotatable bonds is 22. The Labute approximate surface area is 397 Å². The second-order valence-electron chi connectivity index (χ2n) is 16.8. The van der Waals surface area contributed by atoms with E-state index in [4.69, 9.17) is 9.47 Å². The minimum atomic E-state index is -2.32. The summed E-state index contributed by atoms with van der Waals surface area (Å²) < 4.78 is 12.5. The summed E-state index contributed by atoms with van der Waals surface area (Å²) in [6, 6.07) is 81.1. The van der Waals surface area contributed by atoms with Gasteiger partial charge in [0.15, 0.2) is 0 Å². The zero-order valence-electron chi connectivity index (χ0n) is 37.8. The molecule has 0 bridgehead atoms. The molecule has 0 saturated carbocycles. The third-order valence-electron chi connectivity index (χ3n) is 12.6. The van der Waals surface area contributed by atoms with Crippen molar-refractivity contribution in [2.45, 2.75) is 19.3 Å². The number of carbonyl (C=O) groups excluding carboxylic acids is 2. The zero-order valence-corrected chi connectivity index (χ0v) is 39.8. The quantitative estimate of drug-likeness (QED) is 0.0294. The standard InChI is InChI=1S/C61H58O4P2/c62-52(39-33-50-35-41-54(42-36-50)64-45-19-47-66(56-21-7-1-8-22-56,57-23-9-2-10-24-57)58-25-11-3-12-26-58)49-53(63)40-34-51-37-43-55(44-38-51)65-46-20-48-67(59-27-13-4-14-28-59,60-29-15-5-16-30-60)61-31-17-6-18-32-61/h1-18,21-44,66-67H,19-20,45-49H2/b39-33+,40-34+. The number of ether oxygens (including phenoxy) is 2. The normalized spacial score (nSPS) is 12.2. The molecule has 8 aromatic carbocycles. The SMILES string of the molecule is O=C(/C=C/c1ccc(OCCC[PH](c2ccccc2)(c2ccccc2)c2ccccc2)cc1)CC(=O)/C=C/c1ccc(OCCC[PH](c2ccccc2)(c2ccccc2)c2ccccc2)cc1. The van der Waals surface area contributed by atoms with Crippen molar-refractivity contribution in [3.05, 3.63) is 254 Å². The van der Waals surface area contributed by atoms with Crippen LogP contribution in [0, 0.1) is 0 Å². The fourth-order valence-electron chi connectivity index (χ4n) is 9.27. The molecule has 4 nitrogen and oxygen atoms in total. The van der Waals surface area contributed by atoms with Gasteiger partial charge in [0.05, 0.1) is 0 Å². The number of carbonyl (C=O) groups is 2. The minimum absolute atomic E-state index is 0.200. The van der Waals surface area contributed by atoms with E-state index in [2.05, 4.69) is 182 Å². The van der Waals surface area contributed by atoms with Crippen molar-refractivity contribution in [1.82, 2.24) is 0 Å². The predicted octanol–water partition coefficient (Wildman–Crippen LogP) is 10.9. The molecule has 0 aliphatic rings. The number of hydrogen-bond donors (Lipinski definition) is 0. The van der Waals surface area contributed by atoms with Gasteiger partial charge in [-0.1, -0.05) is 0 Å². The van der Waals surface area contributed by atoms with Crippen LogP contribution in [0.1, 0.15) is 30.4 Å². The van der Waals surface area contributed by atoms with Crippen LogP contribution in [0.15, 0.2) is 243 Å². The van der Waals surface area contributed by atoms with Crippen LogP contribution in [-0.2, 0) is 9.59 Å². The van der Waals surface area contributed by atoms with Crippen molar-refractivity contribution in [1.29, 1.82) is 0 Å². The average Bonchev–Trinajstić information content (AvgIpc) is 3.40. The van der Waals surface area contributed by atoms with Crippen molar-refractivity contribution in [2.24, 2.45) is 0 Å². The van der Waals surface area contributed by atoms with E-state index < -0.39 is 14.5 Å². The fraction of sp³-hybridized carbons (Fsp3) is 0.115. The molecule has 0 amide bonds. The Morgan fingerprint density at radius 3 is 0.851 bits per heavy atom. The topological polar surface area (TPSA) is 52.6 Å². The second kappa shape index (κ2) is 23.5. The molecule has 8 aromatic rings. The molecule has 336 valence electrons. The van der Waals surface area contributed by atoms with Crippen molar-refractivity contribution in [3.63, 3.8) is 0 Å². The molecule has 0 aliphatic heterocycles. The second-order valence-corrected chi connectivity index (χ2v) is 24.9. The third-order valence-corrected chi connectivity index (χ3v) is 22.7. The van der Waals surface area contributed by atoms with E-state index in [1.54, 1.807) is 12.2 Å². The molecule has 0 aromatic heterocycles. The molecule has 0 atom stereocenters. The first-order valence-electron chi connectivity index (χ1n) is 23.2. The van der Waals surface area contributed by atoms with Gasteiger partial charge in [0.25, 0.3) is 0 Å². The van der Waals surface area contributed by atoms with Gasteiger partial charge in [-0.05, 0) is 0 Å². The molecule has 0 radical (unpaired) electrons. The molecular weight excluding hydrogens is 859 g/mol. The summed E-state index contributed by atoms with van der Waals surface area (Å²) in [5.41, 5.74) is 1.72. The summed E-state index contributed by atoms with van der Waals surface area (Å²) >= 11 is 0. The molecule has 0 saturated heterocycles. The Hall–Kier alpha value is -6.96. The maximum absolute atomic E-state index is 12.8. The summed E-state index contributed by atoms with van der Waals surface area (Å²) in [5, 5.41) is 8.36. The molecule has 0 unspecified atom stereocenters. The average molecular weight is 917 g/mol. The molecule has 67 heavy (non-hydrogen) atoms. The molecule has 6 heteroatoms. The number of allylic oxidation sites excluding steroid dienone is 2. The predicted molar refractivity (Wildman–Crippen MR) is 289 cm³/mol. The van der Waals surface area contributed by atoms with Crippen LogP contribution >= 0.6 is 14.5 Å². The summed E-state index contributed by atoms with van der Waals surface area (Å²) in [4.78, 5) is 25.5. The van der Waals surface area contributed by atoms with E-state index in [0.29, 0.717) is 13.2 Å². The van der Waals surface area contributed by atoms with Gasteiger partial charge in [0.2, 0.25) is 0 Å². The van der Waals surface area contributed by atoms with E-state index in [1.165, 1.54) is 44.0 Å². The first kappa shape index (κ1) is 46.6. The molecule has 0 heterocycles. The van der Waals surface area contributed by atoms with Gasteiger partial charge >= 0.3 is 399 Å². The van der Waals surface area contributed by atoms with Crippen LogP contribution in [0.2, 0.25) is 0 Å². The van der Waals surface area contributed by atoms with Crippen molar-refractivity contribution < 1.29 is 19.1 Å². The van der Waals surface area contributed by atoms with Crippen LogP contribution in [0.5, 0.6) is 11.5 Å². The molecule has 8 rings (SSSR count). The number of ketones is 2. The van der Waals surface area contributed by atoms with Gasteiger partial charge in [-0.15, -0.1) is 0 Å². The maximum atomic E-state index is 12.8. The van der Waals surface area contributed by atoms with Crippen LogP contribution < -0.4 is 41.3 Å². The van der Waals surface area contributed by atoms with E-state index in [-0.39, 0.29) is 18.0 Å². The number of hydrogen-bond acceptors (Lipinski definition) is 4. The Kier molecular flexibility index (Phi) is 16.3. The Morgan fingerprint density at radius 2 is 0.597 bits per heavy atom. The third kappa shape index (κ3) is 11.9. The molecule has 0 fully saturated rings. The van der Waals surface area contributed by atoms with Crippen LogP contribution in [-0.4, -0.2) is 37.1 Å². The van der Waals surface area contributed by atoms with Crippen molar-refractivity contribution in [3.8, 4) is 11.5 Å². The Balaban J connectivity index is 0.799. The summed E-state index contributed by atoms with van der Waals surface area (Å²) in [6.07, 6.45) is 10.0. The molecule has 0 spiro atoms. The van der Waals surface area contributed by atoms with Crippen LogP contribution in [0.4, 0.5) is 0 Å². The molecule has 0 N–H and O–H groups in total. The first-order chi connectivity index (χ1) is 33.0. The Morgan fingerprint density at radius 1 is 0.343 bits per heavy atom. The van der Waals surface area contributed by atoms with Gasteiger partial charge in [-0.25, -0.2) is 0 Å². The van der Waals surface area contributed by atoms with Crippen LogP contribution in [0.3, 0.4) is 0 Å². The van der Waals surface area contributed by atoms with Gasteiger partial charge in [-0.2, -0.15) is 0 Å². The fourth-order valence-corrected chi connectivity index (χ4v) is 18.9. The monoisotopic (exact) mass is 916 g/mol. The first-order valence-corrected chi connectivity index (χ1v) is 27.7. The van der Waals surface area contributed by atoms with Crippen molar-refractivity contribution >= 4 is 70.1 Å². The van der Waals surface area contributed by atoms with Gasteiger partial charge in [-0.3, -0.25) is 0 Å². The molecular formula is C61H58O4P2. The molecule has 0 aliphatic carbocycles. The number of benzene rings is 8. The summed E-state index contributed by atoms with van der Waals surface area (Å²) in [7, 11) is -4.63. The zero-order chi connectivity index (χ0) is 46.0.